The Labute approximate surface area is 393 Å². The lowest BCUT2D eigenvalue weighted by molar-refractivity contribution is -0.162. The summed E-state index contributed by atoms with van der Waals surface area (Å²) in [5, 5.41) is 0. The Morgan fingerprint density at radius 1 is 0.344 bits per heavy atom. The van der Waals surface area contributed by atoms with Crippen molar-refractivity contribution in [3.63, 3.8) is 0 Å². The van der Waals surface area contributed by atoms with E-state index in [2.05, 4.69) is 173 Å². The molecule has 0 saturated heterocycles. The summed E-state index contributed by atoms with van der Waals surface area (Å²) in [7, 11) is 0. The molecule has 0 aliphatic rings. The average Bonchev–Trinajstić information content (AvgIpc) is 3.30. The zero-order chi connectivity index (χ0) is 46.3. The van der Waals surface area contributed by atoms with Crippen molar-refractivity contribution >= 4 is 11.9 Å². The van der Waals surface area contributed by atoms with Crippen molar-refractivity contribution in [3.8, 4) is 0 Å². The van der Waals surface area contributed by atoms with E-state index in [9.17, 15) is 9.59 Å². The molecule has 0 rings (SSSR count). The van der Waals surface area contributed by atoms with Crippen LogP contribution in [0.2, 0.25) is 0 Å². The zero-order valence-electron chi connectivity index (χ0n) is 40.7. The second-order valence-corrected chi connectivity index (χ2v) is 15.6. The summed E-state index contributed by atoms with van der Waals surface area (Å²) in [5.41, 5.74) is 0. The lowest BCUT2D eigenvalue weighted by Gasteiger charge is -2.18. The second kappa shape index (κ2) is 52.9. The van der Waals surface area contributed by atoms with Crippen LogP contribution < -0.4 is 0 Å². The van der Waals surface area contributed by atoms with Crippen molar-refractivity contribution in [2.24, 2.45) is 0 Å². The lowest BCUT2D eigenvalue weighted by atomic mass is 10.1. The number of carbonyl (C=O) groups excluding carboxylic acids is 2. The molecule has 0 fully saturated rings. The van der Waals surface area contributed by atoms with Gasteiger partial charge in [-0.3, -0.25) is 9.59 Å². The molecule has 0 spiro atoms. The molecule has 1 atom stereocenters. The number of allylic oxidation sites excluding steroid dienone is 26. The molecule has 0 amide bonds. The minimum Gasteiger partial charge on any atom is -0.462 e. The molecular weight excluding hydrogens is 789 g/mol. The molecule has 0 aromatic carbocycles. The number of carbonyl (C=O) groups is 2. The van der Waals surface area contributed by atoms with Crippen LogP contribution in [0, 0.1) is 0 Å². The van der Waals surface area contributed by atoms with Crippen LogP contribution in [0.1, 0.15) is 175 Å². The monoisotopic (exact) mass is 879 g/mol. The van der Waals surface area contributed by atoms with E-state index in [-0.39, 0.29) is 31.6 Å². The molecule has 0 radical (unpaired) electrons. The number of rotatable bonds is 43. The van der Waals surface area contributed by atoms with E-state index in [1.165, 1.54) is 6.42 Å². The van der Waals surface area contributed by atoms with Crippen LogP contribution in [-0.4, -0.2) is 37.9 Å². The number of hydrogen-bond acceptors (Lipinski definition) is 5. The van der Waals surface area contributed by atoms with E-state index >= 15 is 0 Å². The van der Waals surface area contributed by atoms with Crippen molar-refractivity contribution in [2.45, 2.75) is 181 Å². The topological polar surface area (TPSA) is 61.8 Å². The Morgan fingerprint density at radius 3 is 1.11 bits per heavy atom. The molecule has 0 aromatic heterocycles. The maximum absolute atomic E-state index is 12.7. The van der Waals surface area contributed by atoms with Gasteiger partial charge in [-0.1, -0.05) is 198 Å². The average molecular weight is 879 g/mol. The first-order valence-electron chi connectivity index (χ1n) is 25.0. The van der Waals surface area contributed by atoms with Crippen molar-refractivity contribution in [3.05, 3.63) is 158 Å². The van der Waals surface area contributed by atoms with E-state index in [4.69, 9.17) is 14.2 Å². The minimum atomic E-state index is -0.624. The van der Waals surface area contributed by atoms with Gasteiger partial charge >= 0.3 is 11.9 Å². The van der Waals surface area contributed by atoms with Crippen LogP contribution in [0.25, 0.3) is 0 Å². The molecule has 1 unspecified atom stereocenters. The van der Waals surface area contributed by atoms with Gasteiger partial charge in [-0.2, -0.15) is 0 Å². The summed E-state index contributed by atoms with van der Waals surface area (Å²) in [6, 6.07) is 0. The highest BCUT2D eigenvalue weighted by Gasteiger charge is 2.17. The van der Waals surface area contributed by atoms with Gasteiger partial charge in [-0.15, -0.1) is 0 Å². The number of hydrogen-bond donors (Lipinski definition) is 0. The van der Waals surface area contributed by atoms with Gasteiger partial charge in [0.05, 0.1) is 6.61 Å². The first-order valence-corrected chi connectivity index (χ1v) is 25.0. The Hall–Kier alpha value is -4.48. The van der Waals surface area contributed by atoms with Crippen LogP contribution in [-0.2, 0) is 23.8 Å². The van der Waals surface area contributed by atoms with Crippen LogP contribution >= 0.6 is 0 Å². The second-order valence-electron chi connectivity index (χ2n) is 15.6. The molecule has 0 aliphatic heterocycles. The summed E-state index contributed by atoms with van der Waals surface area (Å²) in [5.74, 6) is -0.559. The van der Waals surface area contributed by atoms with Crippen molar-refractivity contribution in [1.82, 2.24) is 0 Å². The van der Waals surface area contributed by atoms with E-state index in [0.29, 0.717) is 19.4 Å². The largest absolute Gasteiger partial charge is 0.462 e. The standard InChI is InChI=1S/C59H90O5/c1-4-7-10-13-16-19-22-25-27-28-29-30-31-33-36-39-42-45-48-51-54-62-55-57(64-59(61)53-50-47-44-41-38-34-24-21-18-15-12-9-6-3)56-63-58(60)52-49-46-43-40-37-35-32-26-23-20-17-14-11-8-5-2/h7-12,16-21,25-27,29-30,32-34,36,38,42,44-45,47,57H,4-6,13-15,22-24,28,31,35,37,39-41,43,46,48-56H2,1-3H3/b10-7-,11-8-,12-9-,19-16-,20-17-,21-18-,27-25-,30-29-,32-26-,36-33-,38-34-,45-42-,47-44-. The van der Waals surface area contributed by atoms with Gasteiger partial charge in [0.25, 0.3) is 0 Å². The van der Waals surface area contributed by atoms with E-state index in [0.717, 1.165) is 128 Å². The van der Waals surface area contributed by atoms with Gasteiger partial charge < -0.3 is 14.2 Å². The SMILES string of the molecule is CC/C=C\C/C=C\C/C=C\C/C=C\C/C=C\C/C=C\CCCOCC(COC(=O)CCCCCCC/C=C\C/C=C\C/C=C\CC)OC(=O)CC/C=C\C/C=C\C/C=C\C/C=C\CC. The fraction of sp³-hybridized carbons (Fsp3) is 0.525. The molecule has 0 aromatic rings. The Kier molecular flexibility index (Phi) is 49.2. The van der Waals surface area contributed by atoms with Gasteiger partial charge in [0, 0.05) is 19.4 Å². The van der Waals surface area contributed by atoms with Crippen LogP contribution in [0.15, 0.2) is 158 Å². The highest BCUT2D eigenvalue weighted by molar-refractivity contribution is 5.70. The zero-order valence-corrected chi connectivity index (χ0v) is 40.7. The fourth-order valence-corrected chi connectivity index (χ4v) is 5.96. The van der Waals surface area contributed by atoms with E-state index in [1.54, 1.807) is 0 Å². The van der Waals surface area contributed by atoms with Crippen molar-refractivity contribution in [2.75, 3.05) is 19.8 Å². The highest BCUT2D eigenvalue weighted by atomic mass is 16.6. The Balaban J connectivity index is 4.52. The molecule has 0 heterocycles. The van der Waals surface area contributed by atoms with Gasteiger partial charge in [-0.05, 0) is 122 Å². The normalized spacial score (nSPS) is 13.6. The number of esters is 2. The molecule has 0 saturated carbocycles. The third kappa shape index (κ3) is 50.2. The lowest BCUT2D eigenvalue weighted by Crippen LogP contribution is -2.30. The summed E-state index contributed by atoms with van der Waals surface area (Å²) < 4.78 is 17.2. The summed E-state index contributed by atoms with van der Waals surface area (Å²) in [6.45, 7) is 7.21. The Morgan fingerprint density at radius 2 is 0.688 bits per heavy atom. The molecule has 0 aliphatic carbocycles. The Bertz CT molecular complexity index is 1460. The van der Waals surface area contributed by atoms with Crippen molar-refractivity contribution in [1.29, 1.82) is 0 Å². The molecule has 356 valence electrons. The maximum atomic E-state index is 12.7. The highest BCUT2D eigenvalue weighted by Crippen LogP contribution is 2.10. The molecule has 64 heavy (non-hydrogen) atoms. The summed E-state index contributed by atoms with van der Waals surface area (Å²) in [6.07, 6.45) is 78.5. The quantitative estimate of drug-likeness (QED) is 0.0347. The van der Waals surface area contributed by atoms with Gasteiger partial charge in [0.15, 0.2) is 6.10 Å². The number of unbranched alkanes of at least 4 members (excludes halogenated alkanes) is 6. The minimum absolute atomic E-state index is 0.0126. The smallest absolute Gasteiger partial charge is 0.306 e. The summed E-state index contributed by atoms with van der Waals surface area (Å²) >= 11 is 0. The van der Waals surface area contributed by atoms with Crippen molar-refractivity contribution < 1.29 is 23.8 Å². The van der Waals surface area contributed by atoms with E-state index in [1.807, 2.05) is 6.08 Å². The molecule has 5 nitrogen and oxygen atoms in total. The van der Waals surface area contributed by atoms with Crippen LogP contribution in [0.5, 0.6) is 0 Å². The van der Waals surface area contributed by atoms with E-state index < -0.39 is 6.10 Å². The van der Waals surface area contributed by atoms with Gasteiger partial charge in [-0.25, -0.2) is 0 Å². The first kappa shape index (κ1) is 59.5. The number of ether oxygens (including phenoxy) is 3. The summed E-state index contributed by atoms with van der Waals surface area (Å²) in [4.78, 5) is 25.3. The predicted molar refractivity (Wildman–Crippen MR) is 278 cm³/mol. The van der Waals surface area contributed by atoms with Crippen LogP contribution in [0.4, 0.5) is 0 Å². The predicted octanol–water partition coefficient (Wildman–Crippen LogP) is 17.1. The molecule has 0 bridgehead atoms. The van der Waals surface area contributed by atoms with Gasteiger partial charge in [0.1, 0.15) is 6.61 Å². The van der Waals surface area contributed by atoms with Crippen LogP contribution in [0.3, 0.4) is 0 Å². The fourth-order valence-electron chi connectivity index (χ4n) is 5.96. The maximum Gasteiger partial charge on any atom is 0.306 e. The molecule has 5 heteroatoms. The third-order valence-electron chi connectivity index (χ3n) is 9.55. The molecule has 0 N–H and O–H groups in total. The first-order chi connectivity index (χ1) is 31.6. The third-order valence-corrected chi connectivity index (χ3v) is 9.55. The molecular formula is C59H90O5. The van der Waals surface area contributed by atoms with Gasteiger partial charge in [0.2, 0.25) is 0 Å².